The zero-order valence-electron chi connectivity index (χ0n) is 18.0. The van der Waals surface area contributed by atoms with Gasteiger partial charge in [-0.3, -0.25) is 4.79 Å². The molecule has 0 spiro atoms. The van der Waals surface area contributed by atoms with Crippen molar-refractivity contribution in [3.63, 3.8) is 0 Å². The first-order valence-electron chi connectivity index (χ1n) is 10.9. The summed E-state index contributed by atoms with van der Waals surface area (Å²) in [7, 11) is 0. The van der Waals surface area contributed by atoms with Gasteiger partial charge in [0.05, 0.1) is 11.4 Å². The summed E-state index contributed by atoms with van der Waals surface area (Å²) in [6.45, 7) is 8.31. The van der Waals surface area contributed by atoms with E-state index in [0.29, 0.717) is 20.9 Å². The highest BCUT2D eigenvalue weighted by molar-refractivity contribution is 7.21. The highest BCUT2D eigenvalue weighted by Crippen LogP contribution is 2.33. The summed E-state index contributed by atoms with van der Waals surface area (Å²) in [6.07, 6.45) is 4.45. The molecule has 5 rings (SSSR count). The fourth-order valence-electron chi connectivity index (χ4n) is 4.79. The van der Waals surface area contributed by atoms with E-state index in [-0.39, 0.29) is 11.9 Å². The van der Waals surface area contributed by atoms with Crippen LogP contribution in [0.1, 0.15) is 38.5 Å². The molecule has 4 N–H and O–H groups in total. The van der Waals surface area contributed by atoms with Crippen LogP contribution in [-0.4, -0.2) is 48.1 Å². The molecule has 2 aliphatic rings. The first-order chi connectivity index (χ1) is 15.0. The minimum absolute atomic E-state index is 0.108. The second kappa shape index (κ2) is 8.09. The van der Waals surface area contributed by atoms with Crippen molar-refractivity contribution >= 4 is 39.0 Å². The van der Waals surface area contributed by atoms with Crippen molar-refractivity contribution in [3.05, 3.63) is 45.6 Å². The molecule has 31 heavy (non-hydrogen) atoms. The number of carbonyl (C=O) groups excluding carboxylic acids is 1. The third-order valence-corrected chi connectivity index (χ3v) is 7.52. The fraction of sp³-hybridized carbons (Fsp3) is 0.435. The number of aromatic nitrogens is 2. The van der Waals surface area contributed by atoms with E-state index in [1.54, 1.807) is 6.20 Å². The van der Waals surface area contributed by atoms with E-state index in [9.17, 15) is 4.79 Å². The average molecular weight is 437 g/mol. The van der Waals surface area contributed by atoms with Gasteiger partial charge >= 0.3 is 0 Å². The minimum Gasteiger partial charge on any atom is -0.396 e. The quantitative estimate of drug-likeness (QED) is 0.584. The van der Waals surface area contributed by atoms with Gasteiger partial charge in [0.2, 0.25) is 0 Å². The SMILES string of the molecule is Cc1cnc2c(N)c(C(=O)N[C@@H]3CCc4c(ccc(N5CCNCC5)c4C)C3)sc2n1. The topological polar surface area (TPSA) is 96.2 Å². The zero-order valence-corrected chi connectivity index (χ0v) is 18.8. The summed E-state index contributed by atoms with van der Waals surface area (Å²) < 4.78 is 0. The Morgan fingerprint density at radius 2 is 2.10 bits per heavy atom. The number of hydrogen-bond acceptors (Lipinski definition) is 7. The van der Waals surface area contributed by atoms with Gasteiger partial charge in [-0.15, -0.1) is 11.3 Å². The van der Waals surface area contributed by atoms with Crippen LogP contribution in [0.2, 0.25) is 0 Å². The Hall–Kier alpha value is -2.71. The highest BCUT2D eigenvalue weighted by atomic mass is 32.1. The maximum absolute atomic E-state index is 13.0. The summed E-state index contributed by atoms with van der Waals surface area (Å²) >= 11 is 1.32. The number of rotatable bonds is 3. The number of fused-ring (bicyclic) bond motifs is 2. The minimum atomic E-state index is -0.123. The Labute approximate surface area is 186 Å². The van der Waals surface area contributed by atoms with E-state index in [2.05, 4.69) is 44.6 Å². The van der Waals surface area contributed by atoms with Crippen molar-refractivity contribution in [2.75, 3.05) is 36.8 Å². The molecule has 8 heteroatoms. The van der Waals surface area contributed by atoms with E-state index < -0.39 is 0 Å². The fourth-order valence-corrected chi connectivity index (χ4v) is 5.79. The maximum atomic E-state index is 13.0. The Morgan fingerprint density at radius 1 is 1.29 bits per heavy atom. The molecular weight excluding hydrogens is 408 g/mol. The molecule has 1 aromatic carbocycles. The monoisotopic (exact) mass is 436 g/mol. The van der Waals surface area contributed by atoms with Crippen LogP contribution in [0.4, 0.5) is 11.4 Å². The van der Waals surface area contributed by atoms with Gasteiger partial charge in [0.15, 0.2) is 0 Å². The number of amides is 1. The number of nitrogens with one attached hydrogen (secondary N) is 2. The van der Waals surface area contributed by atoms with Gasteiger partial charge < -0.3 is 21.3 Å². The Kier molecular flexibility index (Phi) is 5.27. The van der Waals surface area contributed by atoms with E-state index >= 15 is 0 Å². The van der Waals surface area contributed by atoms with E-state index in [4.69, 9.17) is 5.73 Å². The van der Waals surface area contributed by atoms with Gasteiger partial charge in [-0.1, -0.05) is 6.07 Å². The molecule has 1 fully saturated rings. The Bertz CT molecular complexity index is 1150. The normalized spacial score (nSPS) is 18.8. The molecular formula is C23H28N6OS. The molecule has 3 heterocycles. The van der Waals surface area contributed by atoms with E-state index in [1.165, 1.54) is 33.7 Å². The van der Waals surface area contributed by atoms with Gasteiger partial charge in [-0.05, 0) is 55.9 Å². The van der Waals surface area contributed by atoms with E-state index in [1.807, 2.05) is 6.92 Å². The van der Waals surface area contributed by atoms with Crippen molar-refractivity contribution < 1.29 is 4.79 Å². The maximum Gasteiger partial charge on any atom is 0.263 e. The van der Waals surface area contributed by atoms with Crippen molar-refractivity contribution in [3.8, 4) is 0 Å². The molecule has 1 atom stereocenters. The van der Waals surface area contributed by atoms with Crippen LogP contribution in [0.5, 0.6) is 0 Å². The molecule has 7 nitrogen and oxygen atoms in total. The number of piperazine rings is 1. The Morgan fingerprint density at radius 3 is 2.90 bits per heavy atom. The zero-order chi connectivity index (χ0) is 21.5. The van der Waals surface area contributed by atoms with Crippen molar-refractivity contribution in [2.24, 2.45) is 0 Å². The highest BCUT2D eigenvalue weighted by Gasteiger charge is 2.26. The molecule has 0 unspecified atom stereocenters. The number of thiophene rings is 1. The molecule has 162 valence electrons. The van der Waals surface area contributed by atoms with Gasteiger partial charge in [-0.25, -0.2) is 9.97 Å². The molecule has 3 aromatic rings. The van der Waals surface area contributed by atoms with Crippen molar-refractivity contribution in [2.45, 2.75) is 39.2 Å². The molecule has 0 saturated carbocycles. The molecule has 1 aliphatic carbocycles. The van der Waals surface area contributed by atoms with Crippen molar-refractivity contribution in [1.82, 2.24) is 20.6 Å². The third-order valence-electron chi connectivity index (χ3n) is 6.43. The lowest BCUT2D eigenvalue weighted by atomic mass is 9.85. The molecule has 1 aliphatic heterocycles. The third kappa shape index (κ3) is 3.74. The molecule has 0 radical (unpaired) electrons. The lowest BCUT2D eigenvalue weighted by Crippen LogP contribution is -2.44. The number of hydrogen-bond donors (Lipinski definition) is 3. The predicted molar refractivity (Wildman–Crippen MR) is 126 cm³/mol. The number of aryl methyl sites for hydroxylation is 1. The van der Waals surface area contributed by atoms with Crippen molar-refractivity contribution in [1.29, 1.82) is 0 Å². The first-order valence-corrected chi connectivity index (χ1v) is 11.7. The number of nitrogen functional groups attached to an aromatic ring is 1. The lowest BCUT2D eigenvalue weighted by molar-refractivity contribution is 0.0938. The summed E-state index contributed by atoms with van der Waals surface area (Å²) in [6, 6.07) is 4.62. The summed E-state index contributed by atoms with van der Waals surface area (Å²) in [5.74, 6) is -0.123. The second-order valence-electron chi connectivity index (χ2n) is 8.51. The number of nitrogens with zero attached hydrogens (tertiary/aromatic N) is 3. The molecule has 1 saturated heterocycles. The predicted octanol–water partition coefficient (Wildman–Crippen LogP) is 2.59. The van der Waals surface area contributed by atoms with Gasteiger partial charge in [-0.2, -0.15) is 0 Å². The molecule has 1 amide bonds. The van der Waals surface area contributed by atoms with Crippen LogP contribution >= 0.6 is 11.3 Å². The van der Waals surface area contributed by atoms with Crippen LogP contribution in [0.25, 0.3) is 10.3 Å². The molecule has 0 bridgehead atoms. The average Bonchev–Trinajstić information content (AvgIpc) is 3.10. The smallest absolute Gasteiger partial charge is 0.263 e. The Balaban J connectivity index is 1.32. The summed E-state index contributed by atoms with van der Waals surface area (Å²) in [5.41, 5.74) is 13.6. The van der Waals surface area contributed by atoms with E-state index in [0.717, 1.165) is 51.1 Å². The van der Waals surface area contributed by atoms with Gasteiger partial charge in [0.25, 0.3) is 5.91 Å². The largest absolute Gasteiger partial charge is 0.396 e. The van der Waals surface area contributed by atoms with Crippen LogP contribution in [0.3, 0.4) is 0 Å². The van der Waals surface area contributed by atoms with Crippen LogP contribution in [0, 0.1) is 13.8 Å². The van der Waals surface area contributed by atoms with Crippen LogP contribution < -0.4 is 21.3 Å². The second-order valence-corrected chi connectivity index (χ2v) is 9.51. The standard InChI is InChI=1S/C23H28N6OS/c1-13-12-26-20-19(24)21(31-23(20)27-13)22(30)28-16-4-5-17-14(2)18(6-3-15(17)11-16)29-9-7-25-8-10-29/h3,6,12,16,25H,4-5,7-11,24H2,1-2H3,(H,28,30)/t16-/m1/s1. The molecule has 2 aromatic heterocycles. The summed E-state index contributed by atoms with van der Waals surface area (Å²) in [4.78, 5) is 25.5. The summed E-state index contributed by atoms with van der Waals surface area (Å²) in [5, 5.41) is 6.63. The van der Waals surface area contributed by atoms with Gasteiger partial charge in [0.1, 0.15) is 15.2 Å². The van der Waals surface area contributed by atoms with Crippen LogP contribution in [0.15, 0.2) is 18.3 Å². The lowest BCUT2D eigenvalue weighted by Gasteiger charge is -2.33. The number of benzene rings is 1. The first kappa shape index (κ1) is 20.2. The number of carbonyl (C=O) groups is 1. The van der Waals surface area contributed by atoms with Gasteiger partial charge in [0, 0.05) is 44.1 Å². The van der Waals surface area contributed by atoms with Crippen LogP contribution in [-0.2, 0) is 12.8 Å². The number of anilines is 2. The number of nitrogens with two attached hydrogens (primary N) is 1.